The third-order valence-corrected chi connectivity index (χ3v) is 5.24. The molecule has 0 amide bonds. The molecule has 0 N–H and O–H groups in total. The Kier molecular flexibility index (Phi) is 7.39. The fourth-order valence-electron chi connectivity index (χ4n) is 1.44. The lowest BCUT2D eigenvalue weighted by atomic mass is 10.4. The molecule has 0 aliphatic rings. The maximum absolute atomic E-state index is 5.58. The lowest BCUT2D eigenvalue weighted by Gasteiger charge is -2.03. The van der Waals surface area contributed by atoms with Crippen molar-refractivity contribution in [3.05, 3.63) is 72.5 Å². The molecule has 0 aliphatic carbocycles. The topological polar surface area (TPSA) is 9.23 Å². The molecular weight excluding hydrogens is 336 g/mol. The molecule has 0 aromatic heterocycles. The zero-order valence-corrected chi connectivity index (χ0v) is 14.5. The van der Waals surface area contributed by atoms with Crippen LogP contribution in [0.2, 0.25) is 0 Å². The van der Waals surface area contributed by atoms with Crippen molar-refractivity contribution in [3.8, 4) is 0 Å². The molecule has 0 spiro atoms. The highest BCUT2D eigenvalue weighted by atomic mass is 32.2. The van der Waals surface area contributed by atoms with E-state index in [0.29, 0.717) is 0 Å². The van der Waals surface area contributed by atoms with E-state index in [9.17, 15) is 0 Å². The lowest BCUT2D eigenvalue weighted by Crippen LogP contribution is -1.75. The summed E-state index contributed by atoms with van der Waals surface area (Å²) in [5.41, 5.74) is 0. The minimum atomic E-state index is 1.08. The van der Waals surface area contributed by atoms with Crippen LogP contribution in [0.15, 0.2) is 92.1 Å². The maximum Gasteiger partial charge on any atom is 0.0447 e. The van der Waals surface area contributed by atoms with E-state index in [2.05, 4.69) is 37.4 Å². The van der Waals surface area contributed by atoms with Gasteiger partial charge in [0, 0.05) is 43.7 Å². The van der Waals surface area contributed by atoms with Gasteiger partial charge in [0.25, 0.3) is 0 Å². The van der Waals surface area contributed by atoms with E-state index in [1.807, 2.05) is 35.1 Å². The van der Waals surface area contributed by atoms with Crippen LogP contribution in [0.1, 0.15) is 0 Å². The van der Waals surface area contributed by atoms with E-state index in [1.165, 1.54) is 33.9 Å². The molecule has 2 aromatic carbocycles. The van der Waals surface area contributed by atoms with Crippen molar-refractivity contribution in [1.29, 1.82) is 0 Å². The Hall–Kier alpha value is -0.720. The lowest BCUT2D eigenvalue weighted by molar-refractivity contribution is 0.756. The molecule has 5 heteroatoms. The zero-order valence-electron chi connectivity index (χ0n) is 11.2. The van der Waals surface area contributed by atoms with Crippen molar-refractivity contribution >= 4 is 47.6 Å². The first-order valence-electron chi connectivity index (χ1n) is 6.08. The van der Waals surface area contributed by atoms with Gasteiger partial charge in [-0.3, -0.25) is 0 Å². The van der Waals surface area contributed by atoms with Crippen molar-refractivity contribution in [3.63, 3.8) is 0 Å². The summed E-state index contributed by atoms with van der Waals surface area (Å²) in [6.07, 6.45) is 0. The molecule has 2 aromatic rings. The summed E-state index contributed by atoms with van der Waals surface area (Å²) in [5, 5.41) is 3.64. The number of rotatable bonds is 8. The molecule has 0 atom stereocenters. The van der Waals surface area contributed by atoms with Crippen LogP contribution < -0.4 is 0 Å². The molecule has 0 bridgehead atoms. The average molecular weight is 351 g/mol. The summed E-state index contributed by atoms with van der Waals surface area (Å²) in [6, 6.07) is 16.4. The molecule has 0 unspecified atom stereocenters. The highest BCUT2D eigenvalue weighted by molar-refractivity contribution is 8.08. The van der Waals surface area contributed by atoms with Gasteiger partial charge >= 0.3 is 0 Å². The fraction of sp³-hybridized carbons (Fsp3) is 0. The first-order valence-corrected chi connectivity index (χ1v) is 9.32. The summed E-state index contributed by atoms with van der Waals surface area (Å²) in [6.45, 7) is 7.40. The minimum absolute atomic E-state index is 1.08. The highest BCUT2D eigenvalue weighted by Crippen LogP contribution is 2.32. The van der Waals surface area contributed by atoms with Crippen LogP contribution in [-0.2, 0) is 3.63 Å². The second-order valence-corrected chi connectivity index (χ2v) is 7.65. The summed E-state index contributed by atoms with van der Waals surface area (Å²) in [4.78, 5) is 4.51. The molecule has 21 heavy (non-hydrogen) atoms. The van der Waals surface area contributed by atoms with E-state index in [4.69, 9.17) is 3.63 Å². The second kappa shape index (κ2) is 9.33. The third kappa shape index (κ3) is 5.88. The highest BCUT2D eigenvalue weighted by Gasteiger charge is 1.99. The molecule has 0 saturated carbocycles. The van der Waals surface area contributed by atoms with E-state index < -0.39 is 0 Å². The fourth-order valence-corrected chi connectivity index (χ4v) is 3.67. The van der Waals surface area contributed by atoms with Crippen molar-refractivity contribution in [2.75, 3.05) is 0 Å². The van der Waals surface area contributed by atoms with Gasteiger partial charge in [-0.2, -0.15) is 0 Å². The summed E-state index contributed by atoms with van der Waals surface area (Å²) < 4.78 is 5.58. The van der Waals surface area contributed by atoms with Gasteiger partial charge in [0.15, 0.2) is 0 Å². The molecule has 0 fully saturated rings. The Morgan fingerprint density at radius 1 is 0.619 bits per heavy atom. The van der Waals surface area contributed by atoms with E-state index >= 15 is 0 Å². The number of benzene rings is 2. The Morgan fingerprint density at radius 2 is 0.952 bits per heavy atom. The Labute approximate surface area is 143 Å². The van der Waals surface area contributed by atoms with Crippen molar-refractivity contribution in [1.82, 2.24) is 0 Å². The van der Waals surface area contributed by atoms with Crippen LogP contribution in [-0.4, -0.2) is 0 Å². The largest absolute Gasteiger partial charge is 0.237 e. The summed E-state index contributed by atoms with van der Waals surface area (Å²) >= 11 is 5.95. The maximum atomic E-state index is 5.58. The average Bonchev–Trinajstić information content (AvgIpc) is 2.51. The molecule has 108 valence electrons. The van der Waals surface area contributed by atoms with Crippen molar-refractivity contribution in [2.45, 2.75) is 19.6 Å². The molecular formula is C16H14OS4. The van der Waals surface area contributed by atoms with Crippen molar-refractivity contribution in [2.24, 2.45) is 0 Å². The SMILES string of the molecule is C=CSc1ccc(SOSc2ccc(SC=C)cc2)cc1. The third-order valence-electron chi connectivity index (χ3n) is 2.35. The monoisotopic (exact) mass is 350 g/mol. The molecule has 0 aliphatic heterocycles. The van der Waals surface area contributed by atoms with Crippen LogP contribution in [0.5, 0.6) is 0 Å². The standard InChI is InChI=1S/C16H14OS4/c1-3-18-13-5-9-15(10-6-13)20-17-21-16-11-7-14(8-12-16)19-4-2/h3-12H,1-2H2. The molecule has 1 nitrogen and oxygen atoms in total. The molecule has 0 radical (unpaired) electrons. The quantitative estimate of drug-likeness (QED) is 0.377. The molecule has 0 heterocycles. The van der Waals surface area contributed by atoms with Gasteiger partial charge in [-0.05, 0) is 59.3 Å². The second-order valence-electron chi connectivity index (χ2n) is 3.75. The van der Waals surface area contributed by atoms with Crippen LogP contribution >= 0.6 is 47.6 Å². The Balaban J connectivity index is 1.80. The predicted octanol–water partition coefficient (Wildman–Crippen LogP) is 6.89. The van der Waals surface area contributed by atoms with Crippen LogP contribution in [0.25, 0.3) is 0 Å². The van der Waals surface area contributed by atoms with Gasteiger partial charge in [0.1, 0.15) is 0 Å². The van der Waals surface area contributed by atoms with Crippen LogP contribution in [0.3, 0.4) is 0 Å². The van der Waals surface area contributed by atoms with E-state index in [0.717, 1.165) is 9.79 Å². The number of hydrogen-bond acceptors (Lipinski definition) is 5. The molecule has 2 rings (SSSR count). The molecule has 0 saturated heterocycles. The van der Waals surface area contributed by atoms with E-state index in [1.54, 1.807) is 23.5 Å². The zero-order chi connectivity index (χ0) is 14.9. The Bertz CT molecular complexity index is 525. The predicted molar refractivity (Wildman–Crippen MR) is 97.8 cm³/mol. The van der Waals surface area contributed by atoms with Gasteiger partial charge in [0.2, 0.25) is 0 Å². The van der Waals surface area contributed by atoms with Gasteiger partial charge in [0.05, 0.1) is 0 Å². The van der Waals surface area contributed by atoms with Crippen LogP contribution in [0, 0.1) is 0 Å². The van der Waals surface area contributed by atoms with Gasteiger partial charge in [-0.1, -0.05) is 36.7 Å². The van der Waals surface area contributed by atoms with Crippen molar-refractivity contribution < 1.29 is 3.63 Å². The minimum Gasteiger partial charge on any atom is -0.237 e. The van der Waals surface area contributed by atoms with Gasteiger partial charge < -0.3 is 0 Å². The number of thioether (sulfide) groups is 2. The summed E-state index contributed by atoms with van der Waals surface area (Å²) in [5.74, 6) is 0. The van der Waals surface area contributed by atoms with Gasteiger partial charge in [-0.15, -0.1) is 0 Å². The van der Waals surface area contributed by atoms with E-state index in [-0.39, 0.29) is 0 Å². The van der Waals surface area contributed by atoms with Gasteiger partial charge in [-0.25, -0.2) is 3.63 Å². The first-order chi connectivity index (χ1) is 10.3. The summed E-state index contributed by atoms with van der Waals surface area (Å²) in [7, 11) is 0. The smallest absolute Gasteiger partial charge is 0.0447 e. The Morgan fingerprint density at radius 3 is 1.29 bits per heavy atom. The van der Waals surface area contributed by atoms with Crippen LogP contribution in [0.4, 0.5) is 0 Å². The first kappa shape index (κ1) is 16.6. The number of hydrogen-bond donors (Lipinski definition) is 0. The normalized spacial score (nSPS) is 10.3.